The van der Waals surface area contributed by atoms with Crippen molar-refractivity contribution in [3.05, 3.63) is 64.7 Å². The van der Waals surface area contributed by atoms with Gasteiger partial charge >= 0.3 is 0 Å². The predicted molar refractivity (Wildman–Crippen MR) is 89.1 cm³/mol. The average Bonchev–Trinajstić information content (AvgIpc) is 2.47. The molecule has 0 radical (unpaired) electrons. The molecule has 0 saturated heterocycles. The summed E-state index contributed by atoms with van der Waals surface area (Å²) in [5.41, 5.74) is 2.53. The smallest absolute Gasteiger partial charge is 0.122 e. The summed E-state index contributed by atoms with van der Waals surface area (Å²) in [5, 5.41) is 1.76. The van der Waals surface area contributed by atoms with Crippen LogP contribution < -0.4 is 4.74 Å². The third-order valence-corrected chi connectivity index (χ3v) is 4.48. The van der Waals surface area contributed by atoms with Gasteiger partial charge in [0.15, 0.2) is 0 Å². The normalized spacial score (nSPS) is 12.2. The second-order valence-corrected chi connectivity index (χ2v) is 5.95. The van der Waals surface area contributed by atoms with Gasteiger partial charge in [0.25, 0.3) is 0 Å². The van der Waals surface area contributed by atoms with Crippen LogP contribution in [0.5, 0.6) is 5.75 Å². The van der Waals surface area contributed by atoms with E-state index < -0.39 is 0 Å². The van der Waals surface area contributed by atoms with Gasteiger partial charge in [-0.1, -0.05) is 57.9 Å². The van der Waals surface area contributed by atoms with Crippen LogP contribution >= 0.6 is 27.5 Å². The first-order valence-corrected chi connectivity index (χ1v) is 8.15. The van der Waals surface area contributed by atoms with E-state index in [1.807, 2.05) is 30.3 Å². The Morgan fingerprint density at radius 2 is 1.90 bits per heavy atom. The van der Waals surface area contributed by atoms with E-state index in [9.17, 15) is 0 Å². The zero-order chi connectivity index (χ0) is 14.4. The first-order valence-electron chi connectivity index (χ1n) is 6.65. The van der Waals surface area contributed by atoms with Gasteiger partial charge in [0, 0.05) is 10.4 Å². The molecule has 0 fully saturated rings. The summed E-state index contributed by atoms with van der Waals surface area (Å²) in [6, 6.07) is 16.3. The highest BCUT2D eigenvalue weighted by atomic mass is 79.9. The van der Waals surface area contributed by atoms with Gasteiger partial charge in [0.2, 0.25) is 0 Å². The zero-order valence-corrected chi connectivity index (χ0v) is 13.8. The molecule has 0 aliphatic rings. The van der Waals surface area contributed by atoms with E-state index in [1.54, 1.807) is 7.11 Å². The number of methoxy groups -OCH3 is 1. The average molecular weight is 354 g/mol. The molecule has 106 valence electrons. The van der Waals surface area contributed by atoms with Gasteiger partial charge in [-0.05, 0) is 48.1 Å². The molecule has 2 aromatic rings. The lowest BCUT2D eigenvalue weighted by molar-refractivity contribution is 0.406. The minimum Gasteiger partial charge on any atom is -0.496 e. The molecular weight excluding hydrogens is 336 g/mol. The molecule has 0 bridgehead atoms. The van der Waals surface area contributed by atoms with E-state index in [4.69, 9.17) is 16.3 Å². The van der Waals surface area contributed by atoms with Crippen molar-refractivity contribution in [2.45, 2.75) is 12.8 Å². The van der Waals surface area contributed by atoms with Gasteiger partial charge in [-0.15, -0.1) is 0 Å². The highest BCUT2D eigenvalue weighted by Gasteiger charge is 2.12. The van der Waals surface area contributed by atoms with Crippen LogP contribution in [0.1, 0.15) is 11.1 Å². The largest absolute Gasteiger partial charge is 0.496 e. The maximum absolute atomic E-state index is 6.05. The number of halogens is 2. The van der Waals surface area contributed by atoms with Crippen molar-refractivity contribution in [2.75, 3.05) is 12.4 Å². The maximum Gasteiger partial charge on any atom is 0.122 e. The van der Waals surface area contributed by atoms with E-state index in [1.165, 1.54) is 11.1 Å². The SMILES string of the molecule is COc1ccccc1CC(CBr)Cc1cccc(Cl)c1. The topological polar surface area (TPSA) is 9.23 Å². The van der Waals surface area contributed by atoms with E-state index in [-0.39, 0.29) is 0 Å². The third kappa shape index (κ3) is 4.26. The predicted octanol–water partition coefficient (Wildman–Crippen LogP) is 5.14. The number of alkyl halides is 1. The summed E-state index contributed by atoms with van der Waals surface area (Å²) in [4.78, 5) is 0. The molecule has 0 aliphatic carbocycles. The fraction of sp³-hybridized carbons (Fsp3) is 0.294. The highest BCUT2D eigenvalue weighted by molar-refractivity contribution is 9.09. The van der Waals surface area contributed by atoms with Crippen LogP contribution in [0.2, 0.25) is 5.02 Å². The first kappa shape index (κ1) is 15.4. The Morgan fingerprint density at radius 1 is 1.10 bits per heavy atom. The number of hydrogen-bond acceptors (Lipinski definition) is 1. The van der Waals surface area contributed by atoms with Crippen LogP contribution in [0.3, 0.4) is 0 Å². The lowest BCUT2D eigenvalue weighted by Crippen LogP contribution is -2.10. The standard InChI is InChI=1S/C17H18BrClO/c1-20-17-8-3-2-6-15(17)10-14(12-18)9-13-5-4-7-16(19)11-13/h2-8,11,14H,9-10,12H2,1H3. The van der Waals surface area contributed by atoms with Gasteiger partial charge in [-0.2, -0.15) is 0 Å². The summed E-state index contributed by atoms with van der Waals surface area (Å²) in [7, 11) is 1.72. The Labute approximate surface area is 134 Å². The molecule has 2 rings (SSSR count). The molecule has 1 nitrogen and oxygen atoms in total. The molecular formula is C17H18BrClO. The van der Waals surface area contributed by atoms with E-state index in [2.05, 4.69) is 34.1 Å². The van der Waals surface area contributed by atoms with Crippen molar-refractivity contribution < 1.29 is 4.74 Å². The molecule has 1 atom stereocenters. The van der Waals surface area contributed by atoms with E-state index in [0.29, 0.717) is 5.92 Å². The van der Waals surface area contributed by atoms with Crippen LogP contribution in [-0.4, -0.2) is 12.4 Å². The minimum atomic E-state index is 0.518. The van der Waals surface area contributed by atoms with Crippen molar-refractivity contribution in [3.63, 3.8) is 0 Å². The van der Waals surface area contributed by atoms with E-state index >= 15 is 0 Å². The number of benzene rings is 2. The molecule has 0 aromatic heterocycles. The third-order valence-electron chi connectivity index (χ3n) is 3.33. The van der Waals surface area contributed by atoms with Crippen LogP contribution in [0.25, 0.3) is 0 Å². The summed E-state index contributed by atoms with van der Waals surface area (Å²) >= 11 is 9.67. The fourth-order valence-electron chi connectivity index (χ4n) is 2.36. The molecule has 0 aliphatic heterocycles. The summed E-state index contributed by atoms with van der Waals surface area (Å²) < 4.78 is 5.42. The molecule has 0 amide bonds. The quantitative estimate of drug-likeness (QED) is 0.653. The van der Waals surface area contributed by atoms with Crippen molar-refractivity contribution in [3.8, 4) is 5.75 Å². The number of ether oxygens (including phenoxy) is 1. The van der Waals surface area contributed by atoms with Crippen molar-refractivity contribution in [2.24, 2.45) is 5.92 Å². The minimum absolute atomic E-state index is 0.518. The highest BCUT2D eigenvalue weighted by Crippen LogP contribution is 2.24. The number of para-hydroxylation sites is 1. The first-order chi connectivity index (χ1) is 9.72. The van der Waals surface area contributed by atoms with Gasteiger partial charge in [-0.3, -0.25) is 0 Å². The Kier molecular flexibility index (Phi) is 5.93. The molecule has 3 heteroatoms. The van der Waals surface area contributed by atoms with Crippen molar-refractivity contribution in [1.29, 1.82) is 0 Å². The summed E-state index contributed by atoms with van der Waals surface area (Å²) in [5.74, 6) is 1.48. The Balaban J connectivity index is 2.09. The van der Waals surface area contributed by atoms with Gasteiger partial charge in [0.1, 0.15) is 5.75 Å². The monoisotopic (exact) mass is 352 g/mol. The summed E-state index contributed by atoms with van der Waals surface area (Å²) in [6.07, 6.45) is 1.99. The fourth-order valence-corrected chi connectivity index (χ4v) is 3.03. The van der Waals surface area contributed by atoms with Crippen LogP contribution in [0, 0.1) is 5.92 Å². The zero-order valence-electron chi connectivity index (χ0n) is 11.5. The molecule has 0 heterocycles. The van der Waals surface area contributed by atoms with Gasteiger partial charge in [0.05, 0.1) is 7.11 Å². The van der Waals surface area contributed by atoms with Crippen molar-refractivity contribution >= 4 is 27.5 Å². The Hall–Kier alpha value is -0.990. The van der Waals surface area contributed by atoms with Crippen LogP contribution in [0.15, 0.2) is 48.5 Å². The molecule has 20 heavy (non-hydrogen) atoms. The van der Waals surface area contributed by atoms with Crippen LogP contribution in [-0.2, 0) is 12.8 Å². The van der Waals surface area contributed by atoms with E-state index in [0.717, 1.165) is 28.9 Å². The molecule has 0 spiro atoms. The molecule has 0 saturated carbocycles. The van der Waals surface area contributed by atoms with Crippen LogP contribution in [0.4, 0.5) is 0 Å². The summed E-state index contributed by atoms with van der Waals surface area (Å²) in [6.45, 7) is 0. The number of rotatable bonds is 6. The maximum atomic E-state index is 6.05. The Morgan fingerprint density at radius 3 is 2.60 bits per heavy atom. The lowest BCUT2D eigenvalue weighted by atomic mass is 9.94. The number of hydrogen-bond donors (Lipinski definition) is 0. The van der Waals surface area contributed by atoms with Gasteiger partial charge in [-0.25, -0.2) is 0 Å². The Bertz CT molecular complexity index is 556. The molecule has 2 aromatic carbocycles. The second kappa shape index (κ2) is 7.70. The molecule has 1 unspecified atom stereocenters. The molecule has 0 N–H and O–H groups in total. The van der Waals surface area contributed by atoms with Gasteiger partial charge < -0.3 is 4.74 Å². The second-order valence-electron chi connectivity index (χ2n) is 4.87. The lowest BCUT2D eigenvalue weighted by Gasteiger charge is -2.16. The van der Waals surface area contributed by atoms with Crippen molar-refractivity contribution in [1.82, 2.24) is 0 Å².